The molecule has 0 saturated carbocycles. The smallest absolute Gasteiger partial charge is 0.175 e. The Morgan fingerprint density at radius 2 is 1.95 bits per heavy atom. The SMILES string of the molecule is Cc1ccc(CNCc2c(Cl)cccc2S(C)(=O)=O)cn1. The van der Waals surface area contributed by atoms with Crippen molar-refractivity contribution in [3.05, 3.63) is 58.4 Å². The van der Waals surface area contributed by atoms with Crippen LogP contribution in [-0.2, 0) is 22.9 Å². The van der Waals surface area contributed by atoms with Gasteiger partial charge in [0.15, 0.2) is 9.84 Å². The molecular formula is C15H17ClN2O2S. The molecule has 6 heteroatoms. The van der Waals surface area contributed by atoms with Gasteiger partial charge in [0.2, 0.25) is 0 Å². The Balaban J connectivity index is 2.11. The van der Waals surface area contributed by atoms with E-state index in [9.17, 15) is 8.42 Å². The lowest BCUT2D eigenvalue weighted by Gasteiger charge is -2.11. The minimum atomic E-state index is -3.29. The van der Waals surface area contributed by atoms with Gasteiger partial charge in [-0.1, -0.05) is 23.7 Å². The van der Waals surface area contributed by atoms with Crippen molar-refractivity contribution in [3.63, 3.8) is 0 Å². The fraction of sp³-hybridized carbons (Fsp3) is 0.267. The molecule has 0 unspecified atom stereocenters. The molecule has 0 aliphatic heterocycles. The minimum Gasteiger partial charge on any atom is -0.308 e. The molecule has 2 rings (SSSR count). The number of hydrogen-bond donors (Lipinski definition) is 1. The Hall–Kier alpha value is -1.43. The second kappa shape index (κ2) is 6.56. The van der Waals surface area contributed by atoms with E-state index in [1.54, 1.807) is 24.4 Å². The van der Waals surface area contributed by atoms with Gasteiger partial charge in [0, 0.05) is 41.8 Å². The van der Waals surface area contributed by atoms with Crippen LogP contribution in [0.2, 0.25) is 5.02 Å². The van der Waals surface area contributed by atoms with Crippen LogP contribution in [0.25, 0.3) is 0 Å². The summed E-state index contributed by atoms with van der Waals surface area (Å²) in [5.74, 6) is 0. The van der Waals surface area contributed by atoms with Crippen LogP contribution in [0.5, 0.6) is 0 Å². The summed E-state index contributed by atoms with van der Waals surface area (Å²) in [7, 11) is -3.29. The van der Waals surface area contributed by atoms with Crippen molar-refractivity contribution in [1.82, 2.24) is 10.3 Å². The predicted octanol–water partition coefficient (Wildman–Crippen LogP) is 2.74. The zero-order valence-electron chi connectivity index (χ0n) is 11.9. The average Bonchev–Trinajstić information content (AvgIpc) is 2.41. The Morgan fingerprint density at radius 3 is 2.57 bits per heavy atom. The van der Waals surface area contributed by atoms with Gasteiger partial charge in [-0.05, 0) is 30.7 Å². The van der Waals surface area contributed by atoms with E-state index < -0.39 is 9.84 Å². The van der Waals surface area contributed by atoms with Crippen molar-refractivity contribution >= 4 is 21.4 Å². The van der Waals surface area contributed by atoms with E-state index in [0.29, 0.717) is 23.7 Å². The first-order chi connectivity index (χ1) is 9.88. The molecule has 2 aromatic rings. The first-order valence-electron chi connectivity index (χ1n) is 6.47. The maximum atomic E-state index is 11.8. The average molecular weight is 325 g/mol. The number of benzene rings is 1. The lowest BCUT2D eigenvalue weighted by atomic mass is 10.2. The number of hydrogen-bond acceptors (Lipinski definition) is 4. The van der Waals surface area contributed by atoms with E-state index in [0.717, 1.165) is 11.3 Å². The largest absolute Gasteiger partial charge is 0.308 e. The third-order valence-electron chi connectivity index (χ3n) is 3.08. The summed E-state index contributed by atoms with van der Waals surface area (Å²) in [6, 6.07) is 8.84. The summed E-state index contributed by atoms with van der Waals surface area (Å²) in [6.45, 7) is 2.91. The first-order valence-corrected chi connectivity index (χ1v) is 8.74. The van der Waals surface area contributed by atoms with Gasteiger partial charge in [0.1, 0.15) is 0 Å². The molecule has 0 aliphatic carbocycles. The highest BCUT2D eigenvalue weighted by atomic mass is 35.5. The number of nitrogens with zero attached hydrogens (tertiary/aromatic N) is 1. The summed E-state index contributed by atoms with van der Waals surface area (Å²) in [4.78, 5) is 4.49. The van der Waals surface area contributed by atoms with Gasteiger partial charge in [-0.2, -0.15) is 0 Å². The van der Waals surface area contributed by atoms with E-state index in [4.69, 9.17) is 11.6 Å². The van der Waals surface area contributed by atoms with Gasteiger partial charge in [-0.15, -0.1) is 0 Å². The highest BCUT2D eigenvalue weighted by Crippen LogP contribution is 2.23. The third kappa shape index (κ3) is 4.27. The topological polar surface area (TPSA) is 59.1 Å². The molecule has 21 heavy (non-hydrogen) atoms. The van der Waals surface area contributed by atoms with E-state index in [1.165, 1.54) is 6.26 Å². The molecule has 0 atom stereocenters. The highest BCUT2D eigenvalue weighted by Gasteiger charge is 2.15. The standard InChI is InChI=1S/C15H17ClN2O2S/c1-11-6-7-12(9-18-11)8-17-10-13-14(16)4-3-5-15(13)21(2,19)20/h3-7,9,17H,8,10H2,1-2H3. The summed E-state index contributed by atoms with van der Waals surface area (Å²) in [6.07, 6.45) is 2.98. The molecule has 0 bridgehead atoms. The number of sulfone groups is 1. The van der Waals surface area contributed by atoms with Crippen LogP contribution in [0.1, 0.15) is 16.8 Å². The normalized spacial score (nSPS) is 11.6. The molecule has 1 aromatic heterocycles. The Kier molecular flexibility index (Phi) is 4.98. The van der Waals surface area contributed by atoms with Crippen molar-refractivity contribution in [2.75, 3.05) is 6.26 Å². The summed E-state index contributed by atoms with van der Waals surface area (Å²) < 4.78 is 23.6. The van der Waals surface area contributed by atoms with E-state index in [1.807, 2.05) is 19.1 Å². The Labute approximate surface area is 130 Å². The molecule has 1 heterocycles. The van der Waals surface area contributed by atoms with Crippen molar-refractivity contribution in [2.45, 2.75) is 24.9 Å². The van der Waals surface area contributed by atoms with Crippen molar-refractivity contribution in [2.24, 2.45) is 0 Å². The van der Waals surface area contributed by atoms with Crippen molar-refractivity contribution < 1.29 is 8.42 Å². The fourth-order valence-electron chi connectivity index (χ4n) is 1.99. The lowest BCUT2D eigenvalue weighted by Crippen LogP contribution is -2.16. The second-order valence-corrected chi connectivity index (χ2v) is 7.29. The Morgan fingerprint density at radius 1 is 1.19 bits per heavy atom. The molecule has 0 saturated heterocycles. The zero-order valence-corrected chi connectivity index (χ0v) is 13.5. The Bertz CT molecular complexity index is 728. The van der Waals surface area contributed by atoms with E-state index in [2.05, 4.69) is 10.3 Å². The molecule has 1 aromatic carbocycles. The van der Waals surface area contributed by atoms with Crippen LogP contribution in [0, 0.1) is 6.92 Å². The maximum absolute atomic E-state index is 11.8. The van der Waals surface area contributed by atoms with Crippen LogP contribution in [0.4, 0.5) is 0 Å². The number of nitrogens with one attached hydrogen (secondary N) is 1. The van der Waals surface area contributed by atoms with Crippen molar-refractivity contribution in [1.29, 1.82) is 0 Å². The van der Waals surface area contributed by atoms with Crippen molar-refractivity contribution in [3.8, 4) is 0 Å². The number of aryl methyl sites for hydroxylation is 1. The maximum Gasteiger partial charge on any atom is 0.175 e. The van der Waals surface area contributed by atoms with Gasteiger partial charge in [0.25, 0.3) is 0 Å². The van der Waals surface area contributed by atoms with Crippen LogP contribution in [0.3, 0.4) is 0 Å². The van der Waals surface area contributed by atoms with Crippen LogP contribution in [-0.4, -0.2) is 19.7 Å². The number of aromatic nitrogens is 1. The van der Waals surface area contributed by atoms with Gasteiger partial charge < -0.3 is 5.32 Å². The predicted molar refractivity (Wildman–Crippen MR) is 84.1 cm³/mol. The molecule has 0 spiro atoms. The molecule has 0 fully saturated rings. The molecule has 4 nitrogen and oxygen atoms in total. The monoisotopic (exact) mass is 324 g/mol. The quantitative estimate of drug-likeness (QED) is 0.918. The molecule has 112 valence electrons. The van der Waals surface area contributed by atoms with Crippen LogP contribution in [0.15, 0.2) is 41.4 Å². The minimum absolute atomic E-state index is 0.268. The summed E-state index contributed by atoms with van der Waals surface area (Å²) in [5.41, 5.74) is 2.60. The van der Waals surface area contributed by atoms with Gasteiger partial charge in [0.05, 0.1) is 4.90 Å². The van der Waals surface area contributed by atoms with Crippen LogP contribution < -0.4 is 5.32 Å². The van der Waals surface area contributed by atoms with E-state index in [-0.39, 0.29) is 4.90 Å². The fourth-order valence-corrected chi connectivity index (χ4v) is 3.25. The molecule has 0 radical (unpaired) electrons. The third-order valence-corrected chi connectivity index (χ3v) is 4.61. The molecular weight excluding hydrogens is 308 g/mol. The van der Waals surface area contributed by atoms with Crippen LogP contribution >= 0.6 is 11.6 Å². The lowest BCUT2D eigenvalue weighted by molar-refractivity contribution is 0.598. The molecule has 1 N–H and O–H groups in total. The van der Waals surface area contributed by atoms with Gasteiger partial charge in [-0.3, -0.25) is 4.98 Å². The zero-order chi connectivity index (χ0) is 15.5. The summed E-state index contributed by atoms with van der Waals surface area (Å²) in [5, 5.41) is 3.65. The molecule has 0 aliphatic rings. The number of rotatable bonds is 5. The molecule has 0 amide bonds. The van der Waals surface area contributed by atoms with Gasteiger partial charge in [-0.25, -0.2) is 8.42 Å². The first kappa shape index (κ1) is 15.9. The number of pyridine rings is 1. The summed E-state index contributed by atoms with van der Waals surface area (Å²) >= 11 is 6.12. The van der Waals surface area contributed by atoms with Gasteiger partial charge >= 0.3 is 0 Å². The van der Waals surface area contributed by atoms with E-state index >= 15 is 0 Å². The second-order valence-electron chi connectivity index (χ2n) is 4.90. The highest BCUT2D eigenvalue weighted by molar-refractivity contribution is 7.90. The number of halogens is 1.